The van der Waals surface area contributed by atoms with Crippen LogP contribution in [0, 0.1) is 0 Å². The van der Waals surface area contributed by atoms with Gasteiger partial charge in [-0.2, -0.15) is 0 Å². The largest absolute Gasteiger partial charge is 0.383 e. The monoisotopic (exact) mass is 325 g/mol. The molecule has 2 aromatic heterocycles. The van der Waals surface area contributed by atoms with Gasteiger partial charge in [0.2, 0.25) is 0 Å². The van der Waals surface area contributed by atoms with Crippen molar-refractivity contribution in [2.24, 2.45) is 0 Å². The molecule has 0 aromatic carbocycles. The lowest BCUT2D eigenvalue weighted by atomic mass is 10.2. The summed E-state index contributed by atoms with van der Waals surface area (Å²) < 4.78 is 1.05. The van der Waals surface area contributed by atoms with Gasteiger partial charge in [-0.1, -0.05) is 0 Å². The number of anilines is 1. The molecule has 4 nitrogen and oxygen atoms in total. The lowest BCUT2D eigenvalue weighted by Gasteiger charge is -2.17. The third-order valence-electron chi connectivity index (χ3n) is 2.46. The van der Waals surface area contributed by atoms with Crippen LogP contribution in [-0.2, 0) is 6.54 Å². The van der Waals surface area contributed by atoms with Crippen LogP contribution in [0.4, 0.5) is 5.82 Å². The number of aromatic nitrogens is 1. The topological polar surface area (TPSA) is 59.2 Å². The van der Waals surface area contributed by atoms with E-state index in [9.17, 15) is 4.79 Å². The Kier molecular flexibility index (Phi) is 3.98. The van der Waals surface area contributed by atoms with Crippen molar-refractivity contribution >= 4 is 39.0 Å². The zero-order valence-electron chi connectivity index (χ0n) is 9.76. The summed E-state index contributed by atoms with van der Waals surface area (Å²) in [5.41, 5.74) is 7.22. The van der Waals surface area contributed by atoms with Crippen molar-refractivity contribution in [3.05, 3.63) is 44.7 Å². The molecule has 2 heterocycles. The van der Waals surface area contributed by atoms with Crippen LogP contribution < -0.4 is 5.73 Å². The molecule has 94 valence electrons. The van der Waals surface area contributed by atoms with Gasteiger partial charge < -0.3 is 10.6 Å². The fraction of sp³-hybridized carbons (Fsp3) is 0.167. The quantitative estimate of drug-likeness (QED) is 0.943. The number of rotatable bonds is 3. The van der Waals surface area contributed by atoms with Gasteiger partial charge in [0, 0.05) is 19.8 Å². The van der Waals surface area contributed by atoms with Crippen LogP contribution in [0.15, 0.2) is 33.6 Å². The Morgan fingerprint density at radius 3 is 3.00 bits per heavy atom. The summed E-state index contributed by atoms with van der Waals surface area (Å²) in [5, 5.41) is 2.01. The van der Waals surface area contributed by atoms with Gasteiger partial charge in [-0.3, -0.25) is 4.79 Å². The third kappa shape index (κ3) is 2.88. The smallest absolute Gasteiger partial charge is 0.257 e. The Morgan fingerprint density at radius 1 is 1.61 bits per heavy atom. The number of carbonyl (C=O) groups is 1. The SMILES string of the molecule is CN(Cc1csc(Br)c1)C(=O)c1cccnc1N. The van der Waals surface area contributed by atoms with E-state index in [0.29, 0.717) is 12.1 Å². The Bertz CT molecular complexity index is 570. The molecular weight excluding hydrogens is 314 g/mol. The number of hydrogen-bond acceptors (Lipinski definition) is 4. The maximum Gasteiger partial charge on any atom is 0.257 e. The number of thiophene rings is 1. The highest BCUT2D eigenvalue weighted by molar-refractivity contribution is 9.11. The molecule has 1 amide bonds. The number of nitrogen functional groups attached to an aromatic ring is 1. The van der Waals surface area contributed by atoms with E-state index in [0.717, 1.165) is 9.35 Å². The molecule has 0 atom stereocenters. The van der Waals surface area contributed by atoms with Crippen LogP contribution in [0.1, 0.15) is 15.9 Å². The third-order valence-corrected chi connectivity index (χ3v) is 4.01. The number of nitrogens with two attached hydrogens (primary N) is 1. The second-order valence-electron chi connectivity index (χ2n) is 3.86. The van der Waals surface area contributed by atoms with Crippen LogP contribution in [0.2, 0.25) is 0 Å². The molecule has 0 fully saturated rings. The molecule has 18 heavy (non-hydrogen) atoms. The minimum atomic E-state index is -0.122. The van der Waals surface area contributed by atoms with Crippen molar-refractivity contribution in [3.63, 3.8) is 0 Å². The second-order valence-corrected chi connectivity index (χ2v) is 6.15. The summed E-state index contributed by atoms with van der Waals surface area (Å²) in [6, 6.07) is 5.39. The molecule has 0 bridgehead atoms. The maximum atomic E-state index is 12.2. The number of halogens is 1. The molecule has 0 saturated heterocycles. The van der Waals surface area contributed by atoms with Crippen molar-refractivity contribution < 1.29 is 4.79 Å². The first kappa shape index (κ1) is 13.0. The lowest BCUT2D eigenvalue weighted by molar-refractivity contribution is 0.0786. The van der Waals surface area contributed by atoms with Gasteiger partial charge in [0.1, 0.15) is 5.82 Å². The zero-order chi connectivity index (χ0) is 13.1. The number of pyridine rings is 1. The predicted octanol–water partition coefficient (Wildman–Crippen LogP) is 2.76. The molecule has 0 aliphatic heterocycles. The number of nitrogens with zero attached hydrogens (tertiary/aromatic N) is 2. The molecule has 0 saturated carbocycles. The Hall–Kier alpha value is -1.40. The molecule has 0 spiro atoms. The van der Waals surface area contributed by atoms with E-state index in [2.05, 4.69) is 20.9 Å². The van der Waals surface area contributed by atoms with E-state index in [1.165, 1.54) is 0 Å². The minimum Gasteiger partial charge on any atom is -0.383 e. The molecular formula is C12H12BrN3OS. The van der Waals surface area contributed by atoms with Gasteiger partial charge in [-0.05, 0) is 45.1 Å². The summed E-state index contributed by atoms with van der Waals surface area (Å²) in [4.78, 5) is 17.7. The van der Waals surface area contributed by atoms with Crippen LogP contribution in [-0.4, -0.2) is 22.8 Å². The molecule has 0 aliphatic rings. The maximum absolute atomic E-state index is 12.2. The van der Waals surface area contributed by atoms with Crippen LogP contribution >= 0.6 is 27.3 Å². The Labute approximate surface area is 118 Å². The van der Waals surface area contributed by atoms with Gasteiger partial charge >= 0.3 is 0 Å². The van der Waals surface area contributed by atoms with E-state index >= 15 is 0 Å². The second kappa shape index (κ2) is 5.49. The van der Waals surface area contributed by atoms with Crippen LogP contribution in [0.25, 0.3) is 0 Å². The zero-order valence-corrected chi connectivity index (χ0v) is 12.2. The highest BCUT2D eigenvalue weighted by atomic mass is 79.9. The van der Waals surface area contributed by atoms with Gasteiger partial charge in [0.05, 0.1) is 9.35 Å². The van der Waals surface area contributed by atoms with Gasteiger partial charge in [-0.25, -0.2) is 4.98 Å². The Morgan fingerprint density at radius 2 is 2.39 bits per heavy atom. The van der Waals surface area contributed by atoms with E-state index in [1.807, 2.05) is 11.4 Å². The highest BCUT2D eigenvalue weighted by Gasteiger charge is 2.15. The first-order valence-electron chi connectivity index (χ1n) is 5.27. The fourth-order valence-corrected chi connectivity index (χ4v) is 2.78. The first-order chi connectivity index (χ1) is 8.58. The molecule has 0 radical (unpaired) electrons. The van der Waals surface area contributed by atoms with E-state index in [4.69, 9.17) is 5.73 Å². The van der Waals surface area contributed by atoms with Gasteiger partial charge in [0.15, 0.2) is 0 Å². The predicted molar refractivity (Wildman–Crippen MR) is 76.5 cm³/mol. The summed E-state index contributed by atoms with van der Waals surface area (Å²) in [7, 11) is 1.75. The van der Waals surface area contributed by atoms with E-state index < -0.39 is 0 Å². The molecule has 0 aliphatic carbocycles. The summed E-state index contributed by atoms with van der Waals surface area (Å²) >= 11 is 5.00. The standard InChI is InChI=1S/C12H12BrN3OS/c1-16(6-8-5-10(13)18-7-8)12(17)9-3-2-4-15-11(9)14/h2-5,7H,6H2,1H3,(H2,14,15). The number of carbonyl (C=O) groups excluding carboxylic acids is 1. The molecule has 2 N–H and O–H groups in total. The summed E-state index contributed by atoms with van der Waals surface area (Å²) in [6.07, 6.45) is 1.57. The van der Waals surface area contributed by atoms with Crippen molar-refractivity contribution in [2.75, 3.05) is 12.8 Å². The molecule has 6 heteroatoms. The van der Waals surface area contributed by atoms with Crippen molar-refractivity contribution in [2.45, 2.75) is 6.54 Å². The van der Waals surface area contributed by atoms with E-state index in [1.54, 1.807) is 41.6 Å². The van der Waals surface area contributed by atoms with Crippen molar-refractivity contribution in [3.8, 4) is 0 Å². The minimum absolute atomic E-state index is 0.122. The molecule has 2 rings (SSSR count). The number of amides is 1. The Balaban J connectivity index is 2.12. The fourth-order valence-electron chi connectivity index (χ4n) is 1.58. The normalized spacial score (nSPS) is 10.3. The van der Waals surface area contributed by atoms with Gasteiger partial charge in [0.25, 0.3) is 5.91 Å². The first-order valence-corrected chi connectivity index (χ1v) is 6.94. The lowest BCUT2D eigenvalue weighted by Crippen LogP contribution is -2.27. The molecule has 0 unspecified atom stereocenters. The molecule has 2 aromatic rings. The summed E-state index contributed by atoms with van der Waals surface area (Å²) in [6.45, 7) is 0.551. The number of hydrogen-bond donors (Lipinski definition) is 1. The average Bonchev–Trinajstić information content (AvgIpc) is 2.74. The van der Waals surface area contributed by atoms with Gasteiger partial charge in [-0.15, -0.1) is 11.3 Å². The average molecular weight is 326 g/mol. The van der Waals surface area contributed by atoms with Crippen LogP contribution in [0.3, 0.4) is 0 Å². The summed E-state index contributed by atoms with van der Waals surface area (Å²) in [5.74, 6) is 0.142. The van der Waals surface area contributed by atoms with E-state index in [-0.39, 0.29) is 11.7 Å². The highest BCUT2D eigenvalue weighted by Crippen LogP contribution is 2.22. The van der Waals surface area contributed by atoms with Crippen molar-refractivity contribution in [1.82, 2.24) is 9.88 Å². The van der Waals surface area contributed by atoms with Crippen LogP contribution in [0.5, 0.6) is 0 Å². The van der Waals surface area contributed by atoms with Crippen molar-refractivity contribution in [1.29, 1.82) is 0 Å².